The first-order chi connectivity index (χ1) is 26.0. The molecule has 1 aliphatic heterocycles. The Hall–Kier alpha value is -4.85. The number of anilines is 2. The van der Waals surface area contributed by atoms with Gasteiger partial charge in [0.05, 0.1) is 15.1 Å². The van der Waals surface area contributed by atoms with E-state index in [4.69, 9.17) is 9.72 Å². The van der Waals surface area contributed by atoms with Crippen molar-refractivity contribution in [3.63, 3.8) is 0 Å². The molecule has 54 heavy (non-hydrogen) atoms. The number of hydrogen-bond donors (Lipinski definition) is 2. The molecule has 1 amide bonds. The van der Waals surface area contributed by atoms with Crippen LogP contribution in [0.4, 0.5) is 15.7 Å². The number of nitrogens with one attached hydrogen (secondary N) is 1. The first kappa shape index (κ1) is 34.9. The van der Waals surface area contributed by atoms with Crippen LogP contribution in [0.3, 0.4) is 0 Å². The second-order valence-corrected chi connectivity index (χ2v) is 18.3. The van der Waals surface area contributed by atoms with Gasteiger partial charge in [-0.25, -0.2) is 18.2 Å². The molecule has 3 heterocycles. The van der Waals surface area contributed by atoms with Gasteiger partial charge in [-0.1, -0.05) is 47.7 Å². The maximum absolute atomic E-state index is 14.3. The van der Waals surface area contributed by atoms with Crippen LogP contribution in [0.1, 0.15) is 59.2 Å². The van der Waals surface area contributed by atoms with Gasteiger partial charge in [0.1, 0.15) is 5.82 Å². The minimum atomic E-state index is -3.86. The number of sulfonamides is 1. The number of amides is 1. The highest BCUT2D eigenvalue weighted by atomic mass is 32.2. The number of hydrogen-bond acceptors (Lipinski definition) is 9. The number of ether oxygens (including phenoxy) is 1. The third-order valence-corrected chi connectivity index (χ3v) is 15.2. The summed E-state index contributed by atoms with van der Waals surface area (Å²) >= 11 is 1.42. The third kappa shape index (κ3) is 6.11. The van der Waals surface area contributed by atoms with E-state index >= 15 is 0 Å². The predicted octanol–water partition coefficient (Wildman–Crippen LogP) is 7.98. The molecule has 4 fully saturated rings. The summed E-state index contributed by atoms with van der Waals surface area (Å²) in [6, 6.07) is 22.0. The number of carbonyl (C=O) groups excluding carboxylic acids is 1. The van der Waals surface area contributed by atoms with Crippen LogP contribution in [0.15, 0.2) is 77.7 Å². The third-order valence-electron chi connectivity index (χ3n) is 12.2. The van der Waals surface area contributed by atoms with Crippen molar-refractivity contribution in [3.05, 3.63) is 95.1 Å². The second kappa shape index (κ2) is 13.5. The van der Waals surface area contributed by atoms with Gasteiger partial charge in [0, 0.05) is 37.3 Å². The van der Waals surface area contributed by atoms with E-state index in [1.165, 1.54) is 17.8 Å². The lowest BCUT2D eigenvalue weighted by Crippen LogP contribution is -2.56. The summed E-state index contributed by atoms with van der Waals surface area (Å²) < 4.78 is 36.6. The molecule has 4 saturated carbocycles. The summed E-state index contributed by atoms with van der Waals surface area (Å²) in [6.07, 6.45) is 4.82. The Morgan fingerprint density at radius 3 is 2.39 bits per heavy atom. The Balaban J connectivity index is 0.998. The topological polar surface area (TPSA) is 142 Å². The number of nitrogens with zero attached hydrogens (tertiary/aromatic N) is 4. The van der Waals surface area contributed by atoms with Gasteiger partial charge in [-0.3, -0.25) is 10.1 Å². The molecule has 0 unspecified atom stereocenters. The lowest BCUT2D eigenvalue weighted by atomic mass is 9.54. The molecule has 0 radical (unpaired) electrons. The maximum atomic E-state index is 14.3. The van der Waals surface area contributed by atoms with Gasteiger partial charge in [0.15, 0.2) is 5.13 Å². The lowest BCUT2D eigenvalue weighted by Gasteiger charge is -2.56. The van der Waals surface area contributed by atoms with Crippen molar-refractivity contribution in [1.82, 2.24) is 14.3 Å². The first-order valence-corrected chi connectivity index (χ1v) is 20.8. The predicted molar refractivity (Wildman–Crippen MR) is 208 cm³/mol. The molecule has 4 bridgehead atoms. The molecule has 13 heteroatoms. The molecule has 0 spiro atoms. The summed E-state index contributed by atoms with van der Waals surface area (Å²) in [5.41, 5.74) is 4.67. The maximum Gasteiger partial charge on any atom is 0.512 e. The molecule has 0 saturated heterocycles. The Morgan fingerprint density at radius 2 is 1.65 bits per heavy atom. The molecular weight excluding hydrogens is 723 g/mol. The minimum absolute atomic E-state index is 0.00790. The molecule has 11 nitrogen and oxygen atoms in total. The van der Waals surface area contributed by atoms with Gasteiger partial charge in [0.2, 0.25) is 15.9 Å². The van der Waals surface area contributed by atoms with Crippen molar-refractivity contribution in [2.75, 3.05) is 23.8 Å². The van der Waals surface area contributed by atoms with Gasteiger partial charge < -0.3 is 14.7 Å². The van der Waals surface area contributed by atoms with Crippen molar-refractivity contribution >= 4 is 54.6 Å². The van der Waals surface area contributed by atoms with Crippen molar-refractivity contribution < 1.29 is 27.9 Å². The largest absolute Gasteiger partial charge is 0.512 e. The molecule has 2 N–H and O–H groups in total. The van der Waals surface area contributed by atoms with Crippen LogP contribution in [0.5, 0.6) is 5.88 Å². The van der Waals surface area contributed by atoms with Gasteiger partial charge in [-0.05, 0) is 128 Å². The average molecular weight is 764 g/mol. The Kier molecular flexibility index (Phi) is 8.70. The van der Waals surface area contributed by atoms with Crippen molar-refractivity contribution in [3.8, 4) is 17.0 Å². The van der Waals surface area contributed by atoms with Gasteiger partial charge in [0.25, 0.3) is 5.91 Å². The standard InChI is InChI=1S/C41H41N5O6S2/c1-23-29(8-6-12-35(23)54(50,51)45(2)37-27-18-24-17-25(20-27)21-28(37)19-24)31-13-14-36(43-39(31)52-41(48)49)46-16-15-26-7-5-9-30(32(26)22-46)38(47)44-40-42-33-10-3-4-11-34(33)53-40/h3-14,24-25,27-28,37H,15-22H2,1-2H3,(H,48,49)(H,42,44,47). The molecule has 2 aromatic heterocycles. The Bertz CT molecular complexity index is 2370. The van der Waals surface area contributed by atoms with Crippen LogP contribution in [-0.4, -0.2) is 59.5 Å². The number of carbonyl (C=O) groups is 2. The highest BCUT2D eigenvalue weighted by Crippen LogP contribution is 2.55. The lowest BCUT2D eigenvalue weighted by molar-refractivity contribution is -0.0351. The zero-order valence-corrected chi connectivity index (χ0v) is 31.7. The van der Waals surface area contributed by atoms with Crippen LogP contribution < -0.4 is 15.0 Å². The fourth-order valence-electron chi connectivity index (χ4n) is 10.0. The van der Waals surface area contributed by atoms with Crippen LogP contribution in [0.2, 0.25) is 0 Å². The molecule has 5 aliphatic rings. The van der Waals surface area contributed by atoms with E-state index in [1.54, 1.807) is 54.7 Å². The van der Waals surface area contributed by atoms with E-state index in [0.717, 1.165) is 58.9 Å². The van der Waals surface area contributed by atoms with E-state index in [1.807, 2.05) is 41.3 Å². The van der Waals surface area contributed by atoms with Crippen LogP contribution in [0.25, 0.3) is 21.3 Å². The Labute approximate surface area is 318 Å². The number of rotatable bonds is 8. The minimum Gasteiger partial charge on any atom is -0.449 e. The molecule has 5 aromatic rings. The van der Waals surface area contributed by atoms with Crippen molar-refractivity contribution in [2.45, 2.75) is 62.9 Å². The summed E-state index contributed by atoms with van der Waals surface area (Å²) in [5.74, 6) is 2.31. The number of para-hydroxylation sites is 1. The van der Waals surface area contributed by atoms with Crippen molar-refractivity contribution in [2.24, 2.45) is 23.7 Å². The smallest absolute Gasteiger partial charge is 0.449 e. The molecule has 3 aromatic carbocycles. The second-order valence-electron chi connectivity index (χ2n) is 15.3. The molecule has 4 aliphatic carbocycles. The number of thiazole rings is 1. The molecule has 10 rings (SSSR count). The van der Waals surface area contributed by atoms with E-state index in [-0.39, 0.29) is 22.7 Å². The van der Waals surface area contributed by atoms with Crippen LogP contribution >= 0.6 is 11.3 Å². The highest BCUT2D eigenvalue weighted by molar-refractivity contribution is 7.89. The number of carboxylic acid groups (broad SMARTS) is 1. The van der Waals surface area contributed by atoms with E-state index in [0.29, 0.717) is 64.5 Å². The highest BCUT2D eigenvalue weighted by Gasteiger charge is 2.51. The zero-order valence-electron chi connectivity index (χ0n) is 30.1. The van der Waals surface area contributed by atoms with Crippen molar-refractivity contribution in [1.29, 1.82) is 0 Å². The first-order valence-electron chi connectivity index (χ1n) is 18.6. The summed E-state index contributed by atoms with van der Waals surface area (Å²) in [7, 11) is -2.13. The van der Waals surface area contributed by atoms with E-state index < -0.39 is 16.2 Å². The monoisotopic (exact) mass is 763 g/mol. The number of fused-ring (bicyclic) bond motifs is 2. The van der Waals surface area contributed by atoms with E-state index in [2.05, 4.69) is 10.3 Å². The fraction of sp³-hybridized carbons (Fsp3) is 0.366. The van der Waals surface area contributed by atoms with Gasteiger partial charge >= 0.3 is 6.16 Å². The quantitative estimate of drug-likeness (QED) is 0.151. The van der Waals surface area contributed by atoms with Gasteiger partial charge in [-0.2, -0.15) is 9.29 Å². The molecule has 278 valence electrons. The SMILES string of the molecule is Cc1c(-c2ccc(N3CCc4cccc(C(=O)Nc5nc6ccccc6s5)c4C3)nc2OC(=O)O)cccc1S(=O)(=O)N(C)C1C2CC3CC(C2)CC1C3. The van der Waals surface area contributed by atoms with Crippen LogP contribution in [-0.2, 0) is 23.0 Å². The molecule has 0 atom stereocenters. The number of aromatic nitrogens is 2. The summed E-state index contributed by atoms with van der Waals surface area (Å²) in [4.78, 5) is 37.0. The summed E-state index contributed by atoms with van der Waals surface area (Å²) in [6.45, 7) is 2.70. The van der Waals surface area contributed by atoms with Gasteiger partial charge in [-0.15, -0.1) is 0 Å². The normalized spacial score (nSPS) is 23.1. The summed E-state index contributed by atoms with van der Waals surface area (Å²) in [5, 5.41) is 13.3. The van der Waals surface area contributed by atoms with Crippen LogP contribution in [0, 0.1) is 30.6 Å². The van der Waals surface area contributed by atoms with E-state index in [9.17, 15) is 23.1 Å². The number of pyridine rings is 1. The average Bonchev–Trinajstić information content (AvgIpc) is 3.56. The number of benzene rings is 3. The molecular formula is C41H41N5O6S2. The zero-order chi connectivity index (χ0) is 37.3. The fourth-order valence-corrected chi connectivity index (χ4v) is 12.6. The Morgan fingerprint density at radius 1 is 0.907 bits per heavy atom.